The third-order valence-electron chi connectivity index (χ3n) is 3.42. The second kappa shape index (κ2) is 8.31. The lowest BCUT2D eigenvalue weighted by molar-refractivity contribution is 0.0696. The Morgan fingerprint density at radius 3 is 1.77 bits per heavy atom. The zero-order valence-electron chi connectivity index (χ0n) is 15.9. The number of sulfone groups is 2. The number of carboxylic acids is 1. The summed E-state index contributed by atoms with van der Waals surface area (Å²) in [7, 11) is -7.39. The number of carbonyl (C=O) groups is 1. The van der Waals surface area contributed by atoms with Crippen LogP contribution in [0.4, 0.5) is 0 Å². The highest BCUT2D eigenvalue weighted by Crippen LogP contribution is 2.30. The molecule has 0 atom stereocenters. The van der Waals surface area contributed by atoms with Gasteiger partial charge in [0.05, 0.1) is 5.56 Å². The van der Waals surface area contributed by atoms with Crippen molar-refractivity contribution in [3.63, 3.8) is 0 Å². The van der Waals surface area contributed by atoms with E-state index in [-0.39, 0.29) is 42.1 Å². The minimum atomic E-state index is -3.70. The first kappa shape index (κ1) is 22.2. The molecule has 3 aromatic rings. The van der Waals surface area contributed by atoms with Crippen molar-refractivity contribution in [3.05, 3.63) is 35.5 Å². The molecule has 0 aliphatic carbocycles. The molecule has 2 heterocycles. The van der Waals surface area contributed by atoms with E-state index in [1.54, 1.807) is 0 Å². The molecule has 0 fully saturated rings. The highest BCUT2D eigenvalue weighted by atomic mass is 32.2. The molecule has 0 saturated carbocycles. The van der Waals surface area contributed by atoms with Crippen LogP contribution >= 0.6 is 0 Å². The predicted molar refractivity (Wildman–Crippen MR) is 96.9 cm³/mol. The van der Waals surface area contributed by atoms with E-state index >= 15 is 0 Å². The monoisotopic (exact) mass is 474 g/mol. The molecule has 0 aliphatic heterocycles. The molecule has 3 rings (SSSR count). The topological polar surface area (TPSA) is 202 Å². The van der Waals surface area contributed by atoms with Gasteiger partial charge >= 0.3 is 16.4 Å². The zero-order valence-corrected chi connectivity index (χ0v) is 17.5. The second-order valence-electron chi connectivity index (χ2n) is 6.01. The lowest BCUT2D eigenvalue weighted by Gasteiger charge is -2.11. The van der Waals surface area contributed by atoms with Crippen LogP contribution in [0.3, 0.4) is 0 Å². The lowest BCUT2D eigenvalue weighted by Crippen LogP contribution is -2.03. The highest BCUT2D eigenvalue weighted by Gasteiger charge is 2.19. The summed E-state index contributed by atoms with van der Waals surface area (Å²) in [6.45, 7) is -0.731. The summed E-state index contributed by atoms with van der Waals surface area (Å²) in [5.41, 5.74) is -0.123. The fourth-order valence-corrected chi connectivity index (χ4v) is 2.92. The summed E-state index contributed by atoms with van der Waals surface area (Å²) < 4.78 is 66.4. The van der Waals surface area contributed by atoms with Gasteiger partial charge in [0.25, 0.3) is 11.8 Å². The van der Waals surface area contributed by atoms with Gasteiger partial charge in [-0.15, -0.1) is 10.2 Å². The molecular weight excluding hydrogens is 460 g/mol. The molecule has 16 heteroatoms. The number of rotatable bonds is 9. The molecule has 0 amide bonds. The Morgan fingerprint density at radius 2 is 1.35 bits per heavy atom. The number of aromatic nitrogens is 4. The van der Waals surface area contributed by atoms with Gasteiger partial charge in [0, 0.05) is 12.5 Å². The largest absolute Gasteiger partial charge is 0.480 e. The van der Waals surface area contributed by atoms with Crippen LogP contribution < -0.4 is 9.47 Å². The third kappa shape index (κ3) is 5.54. The van der Waals surface area contributed by atoms with Gasteiger partial charge in [-0.3, -0.25) is 0 Å². The third-order valence-corrected chi connectivity index (χ3v) is 5.02. The number of nitrogens with zero attached hydrogens (tertiary/aromatic N) is 4. The van der Waals surface area contributed by atoms with Crippen LogP contribution in [0, 0.1) is 0 Å². The molecule has 0 unspecified atom stereocenters. The molecule has 0 radical (unpaired) electrons. The summed E-state index contributed by atoms with van der Waals surface area (Å²) in [6.07, 6.45) is 1.79. The van der Waals surface area contributed by atoms with Crippen molar-refractivity contribution in [1.29, 1.82) is 0 Å². The number of benzene rings is 1. The van der Waals surface area contributed by atoms with Crippen molar-refractivity contribution in [2.45, 2.75) is 23.7 Å². The SMILES string of the molecule is CS(=O)(=O)c1nnc(COc2ccc(C(=O)O)cc2OCc2nnc(S(C)(=O)=O)o2)o1. The van der Waals surface area contributed by atoms with Gasteiger partial charge in [-0.25, -0.2) is 21.6 Å². The van der Waals surface area contributed by atoms with Gasteiger partial charge in [-0.2, -0.15) is 0 Å². The first-order valence-electron chi connectivity index (χ1n) is 8.11. The number of hydrogen-bond acceptors (Lipinski definition) is 13. The summed E-state index contributed by atoms with van der Waals surface area (Å²) in [6, 6.07) is 3.69. The number of carboxylic acid groups (broad SMARTS) is 1. The Hall–Kier alpha value is -3.53. The molecule has 0 spiro atoms. The minimum Gasteiger partial charge on any atom is -0.480 e. The van der Waals surface area contributed by atoms with Crippen molar-refractivity contribution < 1.29 is 45.0 Å². The summed E-state index contributed by atoms with van der Waals surface area (Å²) in [5.74, 6) is -1.57. The van der Waals surface area contributed by atoms with Crippen LogP contribution in [0.1, 0.15) is 22.1 Å². The van der Waals surface area contributed by atoms with E-state index in [1.165, 1.54) is 12.1 Å². The van der Waals surface area contributed by atoms with Gasteiger partial charge in [-0.05, 0) is 18.2 Å². The molecule has 1 N–H and O–H groups in total. The van der Waals surface area contributed by atoms with E-state index in [0.29, 0.717) is 0 Å². The second-order valence-corrected chi connectivity index (χ2v) is 9.80. The molecule has 14 nitrogen and oxygen atoms in total. The number of aromatic carboxylic acids is 1. The van der Waals surface area contributed by atoms with Crippen molar-refractivity contribution in [3.8, 4) is 11.5 Å². The van der Waals surface area contributed by atoms with Gasteiger partial charge in [-0.1, -0.05) is 10.2 Å². The normalized spacial score (nSPS) is 11.9. The molecule has 166 valence electrons. The van der Waals surface area contributed by atoms with Crippen molar-refractivity contribution in [1.82, 2.24) is 20.4 Å². The zero-order chi connectivity index (χ0) is 22.8. The Balaban J connectivity index is 1.78. The molecular formula is C15H14N4O10S2. The lowest BCUT2D eigenvalue weighted by atomic mass is 10.2. The van der Waals surface area contributed by atoms with Crippen LogP contribution in [0.15, 0.2) is 37.5 Å². The van der Waals surface area contributed by atoms with Crippen LogP contribution in [-0.4, -0.2) is 60.8 Å². The molecule has 0 bridgehead atoms. The van der Waals surface area contributed by atoms with E-state index < -0.39 is 36.1 Å². The van der Waals surface area contributed by atoms with E-state index in [2.05, 4.69) is 20.4 Å². The van der Waals surface area contributed by atoms with E-state index in [9.17, 15) is 26.7 Å². The summed E-state index contributed by atoms with van der Waals surface area (Å²) in [5, 5.41) is 21.8. The average molecular weight is 474 g/mol. The van der Waals surface area contributed by atoms with Gasteiger partial charge in [0.1, 0.15) is 0 Å². The summed E-state index contributed by atoms with van der Waals surface area (Å²) in [4.78, 5) is 11.2. The van der Waals surface area contributed by atoms with Crippen LogP contribution in [0.5, 0.6) is 11.5 Å². The molecule has 0 aliphatic rings. The van der Waals surface area contributed by atoms with Crippen LogP contribution in [0.2, 0.25) is 0 Å². The smallest absolute Gasteiger partial charge is 0.335 e. The van der Waals surface area contributed by atoms with E-state index in [1.807, 2.05) is 0 Å². The number of hydrogen-bond donors (Lipinski definition) is 1. The quantitative estimate of drug-likeness (QED) is 0.437. The predicted octanol–water partition coefficient (Wildman–Crippen LogP) is 0.116. The van der Waals surface area contributed by atoms with Crippen LogP contribution in [-0.2, 0) is 32.9 Å². The first-order valence-corrected chi connectivity index (χ1v) is 11.9. The Morgan fingerprint density at radius 1 is 0.871 bits per heavy atom. The van der Waals surface area contributed by atoms with Crippen LogP contribution in [0.25, 0.3) is 0 Å². The maximum absolute atomic E-state index is 11.4. The standard InChI is InChI=1S/C15H14N4O10S2/c1-30(22,23)14-18-16-11(28-14)6-26-9-4-3-8(13(20)21)5-10(9)27-7-12-17-19-15(29-12)31(2,24)25/h3-5H,6-7H2,1-2H3,(H,20,21). The van der Waals surface area contributed by atoms with Crippen molar-refractivity contribution >= 4 is 25.6 Å². The molecule has 31 heavy (non-hydrogen) atoms. The molecule has 1 aromatic carbocycles. The average Bonchev–Trinajstić information content (AvgIpc) is 3.34. The Labute approximate surface area is 174 Å². The molecule has 0 saturated heterocycles. The fourth-order valence-electron chi connectivity index (χ4n) is 2.04. The van der Waals surface area contributed by atoms with Gasteiger partial charge < -0.3 is 23.4 Å². The first-order chi connectivity index (χ1) is 14.4. The maximum Gasteiger partial charge on any atom is 0.335 e. The maximum atomic E-state index is 11.4. The van der Waals surface area contributed by atoms with E-state index in [4.69, 9.17) is 18.3 Å². The van der Waals surface area contributed by atoms with Gasteiger partial charge in [0.2, 0.25) is 19.7 Å². The highest BCUT2D eigenvalue weighted by molar-refractivity contribution is 7.90. The Kier molecular flexibility index (Phi) is 5.94. The van der Waals surface area contributed by atoms with E-state index in [0.717, 1.165) is 18.6 Å². The molecule has 2 aromatic heterocycles. The minimum absolute atomic E-state index is 0.0481. The van der Waals surface area contributed by atoms with Gasteiger partial charge in [0.15, 0.2) is 24.7 Å². The fraction of sp³-hybridized carbons (Fsp3) is 0.267. The number of ether oxygens (including phenoxy) is 2. The Bertz CT molecular complexity index is 1330. The van der Waals surface area contributed by atoms with Crippen molar-refractivity contribution in [2.24, 2.45) is 0 Å². The van der Waals surface area contributed by atoms with Crippen molar-refractivity contribution in [2.75, 3.05) is 12.5 Å². The summed E-state index contributed by atoms with van der Waals surface area (Å²) >= 11 is 0.